The Labute approximate surface area is 92.0 Å². The highest BCUT2D eigenvalue weighted by atomic mass is 16.5. The summed E-state index contributed by atoms with van der Waals surface area (Å²) in [6, 6.07) is 0. The zero-order chi connectivity index (χ0) is 10.3. The molecule has 4 unspecified atom stereocenters. The maximum Gasteiger partial charge on any atom is 0.0545 e. The lowest BCUT2D eigenvalue weighted by Crippen LogP contribution is -2.30. The molecule has 2 heteroatoms. The normalized spacial score (nSPS) is 49.0. The van der Waals surface area contributed by atoms with Crippen LogP contribution in [0.1, 0.15) is 38.5 Å². The average Bonchev–Trinajstić information content (AvgIpc) is 2.93. The van der Waals surface area contributed by atoms with Crippen molar-refractivity contribution in [2.24, 2.45) is 23.2 Å². The predicted molar refractivity (Wildman–Crippen MR) is 58.5 cm³/mol. The van der Waals surface area contributed by atoms with Crippen LogP contribution in [-0.2, 0) is 4.74 Å². The summed E-state index contributed by atoms with van der Waals surface area (Å²) < 4.78 is 5.48. The number of rotatable bonds is 3. The highest BCUT2D eigenvalue weighted by molar-refractivity contribution is 4.94. The summed E-state index contributed by atoms with van der Waals surface area (Å²) in [6.07, 6.45) is 8.16. The van der Waals surface area contributed by atoms with E-state index in [4.69, 9.17) is 4.74 Å². The van der Waals surface area contributed by atoms with Gasteiger partial charge in [0, 0.05) is 12.0 Å². The average molecular weight is 210 g/mol. The molecule has 2 aliphatic carbocycles. The zero-order valence-corrected chi connectivity index (χ0v) is 9.45. The molecule has 2 nitrogen and oxygen atoms in total. The second-order valence-electron chi connectivity index (χ2n) is 6.10. The molecule has 2 bridgehead atoms. The van der Waals surface area contributed by atoms with Crippen molar-refractivity contribution in [1.29, 1.82) is 0 Å². The first-order valence-electron chi connectivity index (χ1n) is 6.50. The van der Waals surface area contributed by atoms with Gasteiger partial charge in [0.1, 0.15) is 0 Å². The first kappa shape index (κ1) is 10.1. The van der Waals surface area contributed by atoms with Crippen molar-refractivity contribution < 1.29 is 9.84 Å². The van der Waals surface area contributed by atoms with Crippen LogP contribution in [-0.4, -0.2) is 24.9 Å². The van der Waals surface area contributed by atoms with Crippen LogP contribution >= 0.6 is 0 Å². The molecule has 3 aliphatic rings. The molecule has 3 fully saturated rings. The van der Waals surface area contributed by atoms with Gasteiger partial charge in [-0.3, -0.25) is 0 Å². The summed E-state index contributed by atoms with van der Waals surface area (Å²) >= 11 is 0. The summed E-state index contributed by atoms with van der Waals surface area (Å²) in [7, 11) is 0. The SMILES string of the molecule is OCC1(CC2CC3CCC2C3)CCOC1. The standard InChI is InChI=1S/C13H22O2/c14-8-13(3-4-15-9-13)7-12-6-10-1-2-11(12)5-10/h10-12,14H,1-9H2. The Bertz CT molecular complexity index is 233. The lowest BCUT2D eigenvalue weighted by Gasteiger charge is -2.32. The van der Waals surface area contributed by atoms with Gasteiger partial charge >= 0.3 is 0 Å². The third-order valence-corrected chi connectivity index (χ3v) is 5.10. The third kappa shape index (κ3) is 1.72. The van der Waals surface area contributed by atoms with Crippen molar-refractivity contribution in [3.8, 4) is 0 Å². The van der Waals surface area contributed by atoms with Crippen molar-refractivity contribution >= 4 is 0 Å². The van der Waals surface area contributed by atoms with Gasteiger partial charge < -0.3 is 9.84 Å². The number of hydrogen-bond acceptors (Lipinski definition) is 2. The fourth-order valence-electron chi connectivity index (χ4n) is 4.18. The van der Waals surface area contributed by atoms with Gasteiger partial charge in [0.05, 0.1) is 13.2 Å². The minimum absolute atomic E-state index is 0.134. The van der Waals surface area contributed by atoms with Crippen LogP contribution in [0.15, 0.2) is 0 Å². The van der Waals surface area contributed by atoms with E-state index in [1.165, 1.54) is 32.1 Å². The Morgan fingerprint density at radius 2 is 2.20 bits per heavy atom. The molecule has 1 N–H and O–H groups in total. The molecule has 0 aromatic carbocycles. The summed E-state index contributed by atoms with van der Waals surface area (Å²) in [5, 5.41) is 9.57. The number of aliphatic hydroxyl groups is 1. The smallest absolute Gasteiger partial charge is 0.0545 e. The second kappa shape index (κ2) is 3.74. The Kier molecular flexibility index (Phi) is 2.52. The predicted octanol–water partition coefficient (Wildman–Crippen LogP) is 2.21. The van der Waals surface area contributed by atoms with Crippen molar-refractivity contribution in [2.75, 3.05) is 19.8 Å². The molecule has 15 heavy (non-hydrogen) atoms. The van der Waals surface area contributed by atoms with E-state index in [0.717, 1.165) is 37.4 Å². The topological polar surface area (TPSA) is 29.5 Å². The molecule has 3 rings (SSSR count). The largest absolute Gasteiger partial charge is 0.396 e. The van der Waals surface area contributed by atoms with Crippen molar-refractivity contribution in [1.82, 2.24) is 0 Å². The van der Waals surface area contributed by atoms with E-state index in [2.05, 4.69) is 0 Å². The molecule has 4 atom stereocenters. The molecule has 86 valence electrons. The van der Waals surface area contributed by atoms with Gasteiger partial charge in [-0.25, -0.2) is 0 Å². The van der Waals surface area contributed by atoms with Gasteiger partial charge in [0.25, 0.3) is 0 Å². The monoisotopic (exact) mass is 210 g/mol. The van der Waals surface area contributed by atoms with Crippen LogP contribution in [0.4, 0.5) is 0 Å². The van der Waals surface area contributed by atoms with E-state index in [1.807, 2.05) is 0 Å². The summed E-state index contributed by atoms with van der Waals surface area (Å²) in [4.78, 5) is 0. The lowest BCUT2D eigenvalue weighted by atomic mass is 9.74. The summed E-state index contributed by atoms with van der Waals surface area (Å²) in [6.45, 7) is 2.00. The Morgan fingerprint density at radius 3 is 2.73 bits per heavy atom. The van der Waals surface area contributed by atoms with E-state index in [9.17, 15) is 5.11 Å². The van der Waals surface area contributed by atoms with Crippen molar-refractivity contribution in [2.45, 2.75) is 38.5 Å². The van der Waals surface area contributed by atoms with Crippen LogP contribution in [0.2, 0.25) is 0 Å². The van der Waals surface area contributed by atoms with Crippen molar-refractivity contribution in [3.63, 3.8) is 0 Å². The molecule has 0 amide bonds. The third-order valence-electron chi connectivity index (χ3n) is 5.10. The number of aliphatic hydroxyl groups excluding tert-OH is 1. The minimum atomic E-state index is 0.134. The lowest BCUT2D eigenvalue weighted by molar-refractivity contribution is 0.0626. The molecule has 0 aromatic rings. The van der Waals surface area contributed by atoms with Gasteiger partial charge in [-0.05, 0) is 49.9 Å². The van der Waals surface area contributed by atoms with Crippen LogP contribution in [0, 0.1) is 23.2 Å². The van der Waals surface area contributed by atoms with Crippen LogP contribution in [0.5, 0.6) is 0 Å². The van der Waals surface area contributed by atoms with Crippen molar-refractivity contribution in [3.05, 3.63) is 0 Å². The van der Waals surface area contributed by atoms with E-state index in [1.54, 1.807) is 0 Å². The maximum atomic E-state index is 9.57. The minimum Gasteiger partial charge on any atom is -0.396 e. The number of fused-ring (bicyclic) bond motifs is 2. The highest BCUT2D eigenvalue weighted by Crippen LogP contribution is 2.52. The van der Waals surface area contributed by atoms with Gasteiger partial charge in [0.15, 0.2) is 0 Å². The molecule has 1 heterocycles. The number of ether oxygens (including phenoxy) is 1. The highest BCUT2D eigenvalue weighted by Gasteiger charge is 2.44. The van der Waals surface area contributed by atoms with E-state index >= 15 is 0 Å². The summed E-state index contributed by atoms with van der Waals surface area (Å²) in [5.41, 5.74) is 0.134. The molecule has 1 aliphatic heterocycles. The van der Waals surface area contributed by atoms with Gasteiger partial charge in [0.2, 0.25) is 0 Å². The van der Waals surface area contributed by atoms with Crippen LogP contribution < -0.4 is 0 Å². The van der Waals surface area contributed by atoms with E-state index in [0.29, 0.717) is 6.61 Å². The Balaban J connectivity index is 1.64. The molecule has 2 saturated carbocycles. The maximum absolute atomic E-state index is 9.57. The molecule has 0 spiro atoms. The van der Waals surface area contributed by atoms with Crippen LogP contribution in [0.3, 0.4) is 0 Å². The fraction of sp³-hybridized carbons (Fsp3) is 1.00. The van der Waals surface area contributed by atoms with Crippen LogP contribution in [0.25, 0.3) is 0 Å². The fourth-order valence-corrected chi connectivity index (χ4v) is 4.18. The molecule has 1 saturated heterocycles. The van der Waals surface area contributed by atoms with Gasteiger partial charge in [-0.1, -0.05) is 6.42 Å². The van der Waals surface area contributed by atoms with E-state index in [-0.39, 0.29) is 5.41 Å². The van der Waals surface area contributed by atoms with Gasteiger partial charge in [-0.15, -0.1) is 0 Å². The summed E-state index contributed by atoms with van der Waals surface area (Å²) in [5.74, 6) is 2.91. The molecule has 0 aromatic heterocycles. The number of hydrogen-bond donors (Lipinski definition) is 1. The Hall–Kier alpha value is -0.0800. The second-order valence-corrected chi connectivity index (χ2v) is 6.10. The molecular formula is C13H22O2. The quantitative estimate of drug-likeness (QED) is 0.774. The van der Waals surface area contributed by atoms with Gasteiger partial charge in [-0.2, -0.15) is 0 Å². The first-order chi connectivity index (χ1) is 7.31. The zero-order valence-electron chi connectivity index (χ0n) is 9.45. The first-order valence-corrected chi connectivity index (χ1v) is 6.50. The molecule has 0 radical (unpaired) electrons. The van der Waals surface area contributed by atoms with E-state index < -0.39 is 0 Å². The molecular weight excluding hydrogens is 188 g/mol. The Morgan fingerprint density at radius 1 is 1.27 bits per heavy atom.